The van der Waals surface area contributed by atoms with Crippen LogP contribution in [0.15, 0.2) is 40.9 Å². The predicted molar refractivity (Wildman–Crippen MR) is 80.8 cm³/mol. The highest BCUT2D eigenvalue weighted by molar-refractivity contribution is 9.10. The highest BCUT2D eigenvalue weighted by Gasteiger charge is 2.03. The van der Waals surface area contributed by atoms with Gasteiger partial charge in [-0.1, -0.05) is 39.7 Å². The van der Waals surface area contributed by atoms with Gasteiger partial charge in [-0.15, -0.1) is 0 Å². The van der Waals surface area contributed by atoms with Crippen molar-refractivity contribution in [1.29, 1.82) is 0 Å². The van der Waals surface area contributed by atoms with E-state index in [0.29, 0.717) is 13.1 Å². The minimum atomic E-state index is -0.228. The summed E-state index contributed by atoms with van der Waals surface area (Å²) in [4.78, 5) is 0. The number of benzene rings is 2. The van der Waals surface area contributed by atoms with Crippen molar-refractivity contribution in [3.05, 3.63) is 68.4 Å². The fourth-order valence-corrected chi connectivity index (χ4v) is 2.50. The van der Waals surface area contributed by atoms with Gasteiger partial charge in [-0.25, -0.2) is 4.39 Å². The number of halogens is 3. The molecule has 0 bridgehead atoms. The van der Waals surface area contributed by atoms with E-state index < -0.39 is 0 Å². The molecule has 0 atom stereocenters. The van der Waals surface area contributed by atoms with Crippen LogP contribution >= 0.6 is 27.5 Å². The number of hydrogen-bond donors (Lipinski definition) is 1. The molecule has 2 aromatic carbocycles. The second-order valence-corrected chi connectivity index (χ2v) is 5.70. The molecule has 1 N–H and O–H groups in total. The smallest absolute Gasteiger partial charge is 0.123 e. The molecule has 0 unspecified atom stereocenters. The molecule has 0 amide bonds. The number of hydrogen-bond acceptors (Lipinski definition) is 1. The van der Waals surface area contributed by atoms with Gasteiger partial charge in [0, 0.05) is 22.6 Å². The Morgan fingerprint density at radius 1 is 1.11 bits per heavy atom. The largest absolute Gasteiger partial charge is 0.309 e. The van der Waals surface area contributed by atoms with Gasteiger partial charge in [0.2, 0.25) is 0 Å². The van der Waals surface area contributed by atoms with Gasteiger partial charge in [0.25, 0.3) is 0 Å². The van der Waals surface area contributed by atoms with E-state index in [0.717, 1.165) is 26.2 Å². The first-order valence-electron chi connectivity index (χ1n) is 5.96. The van der Waals surface area contributed by atoms with Crippen LogP contribution < -0.4 is 5.32 Å². The standard InChI is InChI=1S/C15H14BrClFN/c1-10-2-3-11(15(17)6-10)8-19-9-12-7-13(18)4-5-14(12)16/h2-7,19H,8-9H2,1H3. The maximum Gasteiger partial charge on any atom is 0.123 e. The Balaban J connectivity index is 1.98. The third-order valence-corrected chi connectivity index (χ3v) is 3.97. The van der Waals surface area contributed by atoms with Gasteiger partial charge >= 0.3 is 0 Å². The molecule has 0 radical (unpaired) electrons. The zero-order valence-electron chi connectivity index (χ0n) is 10.5. The van der Waals surface area contributed by atoms with Crippen LogP contribution in [0.3, 0.4) is 0 Å². The van der Waals surface area contributed by atoms with Crippen molar-refractivity contribution in [2.75, 3.05) is 0 Å². The molecule has 0 spiro atoms. The van der Waals surface area contributed by atoms with Crippen LogP contribution in [0, 0.1) is 12.7 Å². The van der Waals surface area contributed by atoms with Crippen molar-refractivity contribution < 1.29 is 4.39 Å². The summed E-state index contributed by atoms with van der Waals surface area (Å²) < 4.78 is 14.0. The minimum Gasteiger partial charge on any atom is -0.309 e. The van der Waals surface area contributed by atoms with Gasteiger partial charge in [-0.05, 0) is 47.9 Å². The van der Waals surface area contributed by atoms with E-state index in [1.807, 2.05) is 25.1 Å². The van der Waals surface area contributed by atoms with E-state index in [1.165, 1.54) is 12.1 Å². The molecular formula is C15H14BrClFN. The van der Waals surface area contributed by atoms with Crippen molar-refractivity contribution in [3.8, 4) is 0 Å². The molecule has 0 aliphatic heterocycles. The molecule has 0 aliphatic rings. The highest BCUT2D eigenvalue weighted by atomic mass is 79.9. The SMILES string of the molecule is Cc1ccc(CNCc2cc(F)ccc2Br)c(Cl)c1. The first-order chi connectivity index (χ1) is 9.06. The summed E-state index contributed by atoms with van der Waals surface area (Å²) in [6.45, 7) is 3.25. The predicted octanol–water partition coefficient (Wildman–Crippen LogP) is 4.84. The lowest BCUT2D eigenvalue weighted by Crippen LogP contribution is -2.13. The van der Waals surface area contributed by atoms with Gasteiger partial charge < -0.3 is 5.32 Å². The third-order valence-electron chi connectivity index (χ3n) is 2.85. The normalized spacial score (nSPS) is 10.7. The quantitative estimate of drug-likeness (QED) is 0.838. The van der Waals surface area contributed by atoms with Crippen molar-refractivity contribution in [2.24, 2.45) is 0 Å². The van der Waals surface area contributed by atoms with Crippen LogP contribution in [0.5, 0.6) is 0 Å². The Hall–Kier alpha value is -0.900. The maximum absolute atomic E-state index is 13.1. The monoisotopic (exact) mass is 341 g/mol. The van der Waals surface area contributed by atoms with Crippen LogP contribution in [0.4, 0.5) is 4.39 Å². The zero-order valence-corrected chi connectivity index (χ0v) is 12.9. The average molecular weight is 343 g/mol. The van der Waals surface area contributed by atoms with Gasteiger partial charge in [0.1, 0.15) is 5.82 Å². The topological polar surface area (TPSA) is 12.0 Å². The molecule has 0 saturated heterocycles. The van der Waals surface area contributed by atoms with Crippen LogP contribution in [0.1, 0.15) is 16.7 Å². The second kappa shape index (κ2) is 6.51. The lowest BCUT2D eigenvalue weighted by molar-refractivity contribution is 0.619. The molecule has 19 heavy (non-hydrogen) atoms. The Kier molecular flexibility index (Phi) is 4.97. The first kappa shape index (κ1) is 14.5. The summed E-state index contributed by atoms with van der Waals surface area (Å²) in [5.74, 6) is -0.228. The summed E-state index contributed by atoms with van der Waals surface area (Å²) >= 11 is 9.57. The number of rotatable bonds is 4. The highest BCUT2D eigenvalue weighted by Crippen LogP contribution is 2.19. The molecule has 4 heteroatoms. The summed E-state index contributed by atoms with van der Waals surface area (Å²) in [5.41, 5.74) is 3.07. The van der Waals surface area contributed by atoms with E-state index in [-0.39, 0.29) is 5.82 Å². The Morgan fingerprint density at radius 2 is 1.84 bits per heavy atom. The second-order valence-electron chi connectivity index (χ2n) is 4.43. The van der Waals surface area contributed by atoms with Crippen molar-refractivity contribution in [1.82, 2.24) is 5.32 Å². The lowest BCUT2D eigenvalue weighted by atomic mass is 10.1. The fraction of sp³-hybridized carbons (Fsp3) is 0.200. The Labute approximate surface area is 125 Å². The van der Waals surface area contributed by atoms with Crippen molar-refractivity contribution in [3.63, 3.8) is 0 Å². The summed E-state index contributed by atoms with van der Waals surface area (Å²) in [7, 11) is 0. The first-order valence-corrected chi connectivity index (χ1v) is 7.13. The zero-order chi connectivity index (χ0) is 13.8. The Morgan fingerprint density at radius 3 is 2.58 bits per heavy atom. The number of nitrogens with one attached hydrogen (secondary N) is 1. The van der Waals surface area contributed by atoms with Crippen LogP contribution in [-0.2, 0) is 13.1 Å². The maximum atomic E-state index is 13.1. The molecule has 1 nitrogen and oxygen atoms in total. The van der Waals surface area contributed by atoms with Crippen LogP contribution in [-0.4, -0.2) is 0 Å². The van der Waals surface area contributed by atoms with E-state index in [1.54, 1.807) is 6.07 Å². The summed E-state index contributed by atoms with van der Waals surface area (Å²) in [6, 6.07) is 10.6. The van der Waals surface area contributed by atoms with Crippen LogP contribution in [0.2, 0.25) is 5.02 Å². The lowest BCUT2D eigenvalue weighted by Gasteiger charge is -2.09. The van der Waals surface area contributed by atoms with Gasteiger partial charge in [-0.2, -0.15) is 0 Å². The van der Waals surface area contributed by atoms with E-state index in [2.05, 4.69) is 21.2 Å². The molecule has 0 saturated carbocycles. The molecule has 0 aliphatic carbocycles. The summed E-state index contributed by atoms with van der Waals surface area (Å²) in [5, 5.41) is 4.02. The Bertz CT molecular complexity index is 586. The molecular weight excluding hydrogens is 329 g/mol. The van der Waals surface area contributed by atoms with Gasteiger partial charge in [-0.3, -0.25) is 0 Å². The average Bonchev–Trinajstić information content (AvgIpc) is 2.36. The summed E-state index contributed by atoms with van der Waals surface area (Å²) in [6.07, 6.45) is 0. The van der Waals surface area contributed by atoms with Crippen LogP contribution in [0.25, 0.3) is 0 Å². The van der Waals surface area contributed by atoms with Crippen molar-refractivity contribution >= 4 is 27.5 Å². The van der Waals surface area contributed by atoms with E-state index >= 15 is 0 Å². The number of aryl methyl sites for hydroxylation is 1. The molecule has 100 valence electrons. The third kappa shape index (κ3) is 4.03. The molecule has 2 rings (SSSR count). The molecule has 0 heterocycles. The van der Waals surface area contributed by atoms with Gasteiger partial charge in [0.15, 0.2) is 0 Å². The fourth-order valence-electron chi connectivity index (χ4n) is 1.81. The minimum absolute atomic E-state index is 0.228. The van der Waals surface area contributed by atoms with Gasteiger partial charge in [0.05, 0.1) is 0 Å². The van der Waals surface area contributed by atoms with E-state index in [9.17, 15) is 4.39 Å². The molecule has 0 fully saturated rings. The van der Waals surface area contributed by atoms with Crippen molar-refractivity contribution in [2.45, 2.75) is 20.0 Å². The molecule has 2 aromatic rings. The molecule has 0 aromatic heterocycles. The van der Waals surface area contributed by atoms with E-state index in [4.69, 9.17) is 11.6 Å².